The highest BCUT2D eigenvalue weighted by atomic mass is 19.1. The molecule has 0 bridgehead atoms. The van der Waals surface area contributed by atoms with Crippen LogP contribution in [0.5, 0.6) is 0 Å². The topological polar surface area (TPSA) is 92.5 Å². The van der Waals surface area contributed by atoms with Gasteiger partial charge in [0, 0.05) is 48.8 Å². The van der Waals surface area contributed by atoms with Gasteiger partial charge in [0.05, 0.1) is 24.5 Å². The molecule has 32 heavy (non-hydrogen) atoms. The molecule has 0 aliphatic carbocycles. The number of carbonyl (C=O) groups is 1. The number of ether oxygens (including phenoxy) is 1. The average Bonchev–Trinajstić information content (AvgIpc) is 2.80. The minimum atomic E-state index is -0.699. The SMILES string of the molecule is NC(=O)c1cnc(Nc2ccc(N3CCOCC3)cc2)cc1NCc1c(F)cccc1F. The van der Waals surface area contributed by atoms with Crippen molar-refractivity contribution in [3.05, 3.63) is 77.5 Å². The standard InChI is InChI=1S/C23H23F2N5O2/c24-19-2-1-3-20(25)17(19)13-27-21-12-22(28-14-18(21)23(26)31)29-15-4-6-16(7-5-15)30-8-10-32-11-9-30/h1-7,12,14H,8-11,13H2,(H2,26,31)(H2,27,28,29). The smallest absolute Gasteiger partial charge is 0.252 e. The number of amides is 1. The maximum atomic E-state index is 13.9. The summed E-state index contributed by atoms with van der Waals surface area (Å²) in [5.74, 6) is -1.60. The minimum Gasteiger partial charge on any atom is -0.380 e. The molecule has 1 aromatic heterocycles. The van der Waals surface area contributed by atoms with Crippen molar-refractivity contribution in [1.82, 2.24) is 4.98 Å². The van der Waals surface area contributed by atoms with Gasteiger partial charge < -0.3 is 26.0 Å². The fourth-order valence-corrected chi connectivity index (χ4v) is 3.48. The summed E-state index contributed by atoms with van der Waals surface area (Å²) in [5, 5.41) is 6.06. The number of nitrogens with one attached hydrogen (secondary N) is 2. The number of morpholine rings is 1. The van der Waals surface area contributed by atoms with Gasteiger partial charge in [-0.25, -0.2) is 13.8 Å². The Kier molecular flexibility index (Phi) is 6.46. The summed E-state index contributed by atoms with van der Waals surface area (Å²) >= 11 is 0. The van der Waals surface area contributed by atoms with Crippen LogP contribution in [0.4, 0.5) is 31.7 Å². The lowest BCUT2D eigenvalue weighted by atomic mass is 10.1. The quantitative estimate of drug-likeness (QED) is 0.521. The predicted octanol–water partition coefficient (Wildman–Crippen LogP) is 3.65. The number of nitrogens with zero attached hydrogens (tertiary/aromatic N) is 2. The molecule has 9 heteroatoms. The highest BCUT2D eigenvalue weighted by Gasteiger charge is 2.14. The first-order chi connectivity index (χ1) is 15.5. The predicted molar refractivity (Wildman–Crippen MR) is 119 cm³/mol. The third kappa shape index (κ3) is 4.94. The third-order valence-electron chi connectivity index (χ3n) is 5.20. The van der Waals surface area contributed by atoms with Gasteiger partial charge in [-0.15, -0.1) is 0 Å². The van der Waals surface area contributed by atoms with Crippen molar-refractivity contribution in [3.63, 3.8) is 0 Å². The first-order valence-electron chi connectivity index (χ1n) is 10.2. The monoisotopic (exact) mass is 439 g/mol. The Labute approximate surface area is 184 Å². The summed E-state index contributed by atoms with van der Waals surface area (Å²) in [6.45, 7) is 2.96. The fraction of sp³-hybridized carbons (Fsp3) is 0.217. The number of hydrogen-bond donors (Lipinski definition) is 3. The van der Waals surface area contributed by atoms with E-state index in [4.69, 9.17) is 10.5 Å². The number of halogens is 2. The van der Waals surface area contributed by atoms with Crippen LogP contribution < -0.4 is 21.3 Å². The second-order valence-corrected chi connectivity index (χ2v) is 7.30. The van der Waals surface area contributed by atoms with E-state index in [-0.39, 0.29) is 17.7 Å². The van der Waals surface area contributed by atoms with E-state index in [1.807, 2.05) is 24.3 Å². The molecule has 2 heterocycles. The highest BCUT2D eigenvalue weighted by molar-refractivity contribution is 5.98. The maximum Gasteiger partial charge on any atom is 0.252 e. The summed E-state index contributed by atoms with van der Waals surface area (Å²) < 4.78 is 33.3. The first kappa shape index (κ1) is 21.5. The molecule has 166 valence electrons. The molecule has 2 aromatic carbocycles. The van der Waals surface area contributed by atoms with Crippen molar-refractivity contribution in [1.29, 1.82) is 0 Å². The molecule has 0 radical (unpaired) electrons. The van der Waals surface area contributed by atoms with Crippen molar-refractivity contribution >= 4 is 28.8 Å². The van der Waals surface area contributed by atoms with Gasteiger partial charge in [0.15, 0.2) is 0 Å². The first-order valence-corrected chi connectivity index (χ1v) is 10.2. The van der Waals surface area contributed by atoms with E-state index < -0.39 is 17.5 Å². The summed E-state index contributed by atoms with van der Waals surface area (Å²) in [6.07, 6.45) is 1.33. The Morgan fingerprint density at radius 2 is 1.78 bits per heavy atom. The zero-order valence-electron chi connectivity index (χ0n) is 17.3. The van der Waals surface area contributed by atoms with Gasteiger partial charge in [-0.2, -0.15) is 0 Å². The Balaban J connectivity index is 1.50. The number of anilines is 4. The van der Waals surface area contributed by atoms with Crippen LogP contribution in [-0.2, 0) is 11.3 Å². The molecule has 1 aliphatic rings. The van der Waals surface area contributed by atoms with Crippen LogP contribution in [0.15, 0.2) is 54.7 Å². The van der Waals surface area contributed by atoms with Crippen LogP contribution in [0.1, 0.15) is 15.9 Å². The number of benzene rings is 2. The molecule has 0 spiro atoms. The number of rotatable bonds is 7. The number of nitrogens with two attached hydrogens (primary N) is 1. The van der Waals surface area contributed by atoms with Crippen LogP contribution >= 0.6 is 0 Å². The molecule has 1 saturated heterocycles. The van der Waals surface area contributed by atoms with E-state index in [1.165, 1.54) is 24.4 Å². The van der Waals surface area contributed by atoms with Crippen LogP contribution in [0.2, 0.25) is 0 Å². The zero-order chi connectivity index (χ0) is 22.5. The van der Waals surface area contributed by atoms with Crippen LogP contribution in [0.25, 0.3) is 0 Å². The molecule has 1 amide bonds. The van der Waals surface area contributed by atoms with E-state index in [0.717, 1.165) is 24.5 Å². The lowest BCUT2D eigenvalue weighted by Gasteiger charge is -2.28. The van der Waals surface area contributed by atoms with Crippen molar-refractivity contribution in [2.75, 3.05) is 41.8 Å². The molecule has 4 N–H and O–H groups in total. The van der Waals surface area contributed by atoms with Gasteiger partial charge in [0.1, 0.15) is 17.5 Å². The van der Waals surface area contributed by atoms with Gasteiger partial charge in [-0.05, 0) is 36.4 Å². The molecule has 3 aromatic rings. The van der Waals surface area contributed by atoms with Gasteiger partial charge in [-0.3, -0.25) is 4.79 Å². The van der Waals surface area contributed by atoms with Gasteiger partial charge in [0.25, 0.3) is 5.91 Å². The highest BCUT2D eigenvalue weighted by Crippen LogP contribution is 2.25. The molecular weight excluding hydrogens is 416 g/mol. The molecule has 0 saturated carbocycles. The minimum absolute atomic E-state index is 0.120. The van der Waals surface area contributed by atoms with E-state index in [0.29, 0.717) is 24.7 Å². The number of hydrogen-bond acceptors (Lipinski definition) is 6. The summed E-state index contributed by atoms with van der Waals surface area (Å²) in [6, 6.07) is 13.1. The van der Waals surface area contributed by atoms with Crippen LogP contribution in [-0.4, -0.2) is 37.2 Å². The van der Waals surface area contributed by atoms with Crippen molar-refractivity contribution < 1.29 is 18.3 Å². The zero-order valence-corrected chi connectivity index (χ0v) is 17.3. The second-order valence-electron chi connectivity index (χ2n) is 7.30. The summed E-state index contributed by atoms with van der Waals surface area (Å²) in [4.78, 5) is 18.3. The van der Waals surface area contributed by atoms with E-state index >= 15 is 0 Å². The summed E-state index contributed by atoms with van der Waals surface area (Å²) in [7, 11) is 0. The number of pyridine rings is 1. The Hall–Kier alpha value is -3.72. The molecule has 1 aliphatic heterocycles. The molecular formula is C23H23F2N5O2. The lowest BCUT2D eigenvalue weighted by Crippen LogP contribution is -2.36. The summed E-state index contributed by atoms with van der Waals surface area (Å²) in [5.41, 5.74) is 7.64. The Morgan fingerprint density at radius 3 is 2.44 bits per heavy atom. The van der Waals surface area contributed by atoms with Crippen molar-refractivity contribution in [2.45, 2.75) is 6.54 Å². The molecule has 7 nitrogen and oxygen atoms in total. The van der Waals surface area contributed by atoms with Gasteiger partial charge >= 0.3 is 0 Å². The largest absolute Gasteiger partial charge is 0.380 e. The van der Waals surface area contributed by atoms with Crippen molar-refractivity contribution in [2.24, 2.45) is 5.73 Å². The van der Waals surface area contributed by atoms with E-state index in [2.05, 4.69) is 20.5 Å². The lowest BCUT2D eigenvalue weighted by molar-refractivity contribution is 0.100. The van der Waals surface area contributed by atoms with Crippen LogP contribution in [0, 0.1) is 11.6 Å². The molecule has 4 rings (SSSR count). The Morgan fingerprint density at radius 1 is 1.09 bits per heavy atom. The van der Waals surface area contributed by atoms with E-state index in [9.17, 15) is 13.6 Å². The Bertz CT molecular complexity index is 1080. The van der Waals surface area contributed by atoms with Gasteiger partial charge in [0.2, 0.25) is 0 Å². The van der Waals surface area contributed by atoms with E-state index in [1.54, 1.807) is 6.07 Å². The van der Waals surface area contributed by atoms with Gasteiger partial charge in [-0.1, -0.05) is 6.07 Å². The number of primary amides is 1. The molecule has 0 unspecified atom stereocenters. The van der Waals surface area contributed by atoms with Crippen LogP contribution in [0.3, 0.4) is 0 Å². The molecule has 0 atom stereocenters. The molecule has 1 fully saturated rings. The number of aromatic nitrogens is 1. The maximum absolute atomic E-state index is 13.9. The van der Waals surface area contributed by atoms with Crippen molar-refractivity contribution in [3.8, 4) is 0 Å². The second kappa shape index (κ2) is 9.61. The normalized spacial score (nSPS) is 13.6. The third-order valence-corrected chi connectivity index (χ3v) is 5.20. The average molecular weight is 439 g/mol. The fourth-order valence-electron chi connectivity index (χ4n) is 3.48. The number of carbonyl (C=O) groups excluding carboxylic acids is 1.